The molecule has 1 aromatic rings. The average Bonchev–Trinajstić information content (AvgIpc) is 2.51. The molecule has 1 aromatic carbocycles. The van der Waals surface area contributed by atoms with Gasteiger partial charge in [-0.1, -0.05) is 31.2 Å². The van der Waals surface area contributed by atoms with Gasteiger partial charge < -0.3 is 9.47 Å². The quantitative estimate of drug-likeness (QED) is 0.468. The van der Waals surface area contributed by atoms with Gasteiger partial charge in [-0.2, -0.15) is 0 Å². The van der Waals surface area contributed by atoms with E-state index < -0.39 is 0 Å². The van der Waals surface area contributed by atoms with Crippen molar-refractivity contribution >= 4 is 12.0 Å². The van der Waals surface area contributed by atoms with Crippen molar-refractivity contribution in [1.82, 2.24) is 0 Å². The molecule has 1 aliphatic carbocycles. The predicted octanol–water partition coefficient (Wildman–Crippen LogP) is 3.85. The minimum absolute atomic E-state index is 0.284. The third-order valence-corrected chi connectivity index (χ3v) is 3.63. The summed E-state index contributed by atoms with van der Waals surface area (Å²) in [5.74, 6) is 1.54. The first-order chi connectivity index (χ1) is 10.2. The lowest BCUT2D eigenvalue weighted by molar-refractivity contribution is -0.139. The maximum absolute atomic E-state index is 11.7. The Morgan fingerprint density at radius 1 is 1.33 bits per heavy atom. The molecule has 0 bridgehead atoms. The molecule has 0 saturated carbocycles. The lowest BCUT2D eigenvalue weighted by Crippen LogP contribution is -2.17. The summed E-state index contributed by atoms with van der Waals surface area (Å²) in [4.78, 5) is 11.7. The van der Waals surface area contributed by atoms with E-state index in [0.29, 0.717) is 18.4 Å². The van der Waals surface area contributed by atoms with Gasteiger partial charge in [0.25, 0.3) is 0 Å². The number of hydrogen-bond acceptors (Lipinski definition) is 3. The third kappa shape index (κ3) is 5.10. The fraction of sp³-hybridized carbons (Fsp3) is 0.389. The van der Waals surface area contributed by atoms with Crippen LogP contribution >= 0.6 is 0 Å². The summed E-state index contributed by atoms with van der Waals surface area (Å²) in [6, 6.07) is 7.52. The molecule has 0 spiro atoms. The fourth-order valence-electron chi connectivity index (χ4n) is 2.47. The molecule has 2 unspecified atom stereocenters. The van der Waals surface area contributed by atoms with Crippen LogP contribution in [0.2, 0.25) is 0 Å². The van der Waals surface area contributed by atoms with Crippen molar-refractivity contribution in [1.29, 1.82) is 0 Å². The number of allylic oxidation sites excluding steroid dienone is 2. The highest BCUT2D eigenvalue weighted by molar-refractivity contribution is 5.87. The second-order valence-electron chi connectivity index (χ2n) is 5.48. The molecule has 112 valence electrons. The fourth-order valence-corrected chi connectivity index (χ4v) is 2.47. The number of rotatable bonds is 5. The molecule has 0 fully saturated rings. The molecule has 0 radical (unpaired) electrons. The van der Waals surface area contributed by atoms with E-state index in [1.165, 1.54) is 6.08 Å². The topological polar surface area (TPSA) is 35.5 Å². The molecule has 2 atom stereocenters. The molecular weight excluding hydrogens is 264 g/mol. The van der Waals surface area contributed by atoms with E-state index in [0.717, 1.165) is 24.2 Å². The van der Waals surface area contributed by atoms with Crippen LogP contribution in [-0.2, 0) is 9.53 Å². The Bertz CT molecular complexity index is 514. The summed E-state index contributed by atoms with van der Waals surface area (Å²) in [6.45, 7) is 2.69. The number of hydrogen-bond donors (Lipinski definition) is 0. The van der Waals surface area contributed by atoms with E-state index in [2.05, 4.69) is 19.1 Å². The van der Waals surface area contributed by atoms with Crippen molar-refractivity contribution in [3.8, 4) is 5.75 Å². The van der Waals surface area contributed by atoms with Crippen molar-refractivity contribution < 1.29 is 14.3 Å². The molecule has 21 heavy (non-hydrogen) atoms. The second kappa shape index (κ2) is 7.67. The van der Waals surface area contributed by atoms with Crippen LogP contribution in [0.3, 0.4) is 0 Å². The van der Waals surface area contributed by atoms with Crippen LogP contribution in [0.4, 0.5) is 0 Å². The normalized spacial score (nSPS) is 21.4. The van der Waals surface area contributed by atoms with Crippen molar-refractivity contribution in [2.24, 2.45) is 11.8 Å². The molecule has 0 aromatic heterocycles. The minimum atomic E-state index is -0.284. The summed E-state index contributed by atoms with van der Waals surface area (Å²) < 4.78 is 10.4. The summed E-state index contributed by atoms with van der Waals surface area (Å²) in [5, 5.41) is 0. The molecule has 2 rings (SSSR count). The Morgan fingerprint density at radius 3 is 2.76 bits per heavy atom. The highest BCUT2D eigenvalue weighted by Gasteiger charge is 2.15. The van der Waals surface area contributed by atoms with Gasteiger partial charge in [0.05, 0.1) is 13.7 Å². The van der Waals surface area contributed by atoms with E-state index in [-0.39, 0.29) is 5.97 Å². The van der Waals surface area contributed by atoms with Gasteiger partial charge >= 0.3 is 5.97 Å². The SMILES string of the molecule is COc1ccc(/C=C/C(=O)OCC2CC=CC(C)C2)cc1. The molecule has 0 saturated heterocycles. The van der Waals surface area contributed by atoms with Crippen molar-refractivity contribution in [2.75, 3.05) is 13.7 Å². The van der Waals surface area contributed by atoms with Crippen LogP contribution in [0.5, 0.6) is 5.75 Å². The summed E-state index contributed by atoms with van der Waals surface area (Å²) in [6.07, 6.45) is 9.72. The monoisotopic (exact) mass is 286 g/mol. The second-order valence-corrected chi connectivity index (χ2v) is 5.48. The zero-order valence-electron chi connectivity index (χ0n) is 12.6. The standard InChI is InChI=1S/C18H22O3/c1-14-4-3-5-16(12-14)13-21-18(19)11-8-15-6-9-17(20-2)10-7-15/h3-4,6-11,14,16H,5,12-13H2,1-2H3/b11-8+. The summed E-state index contributed by atoms with van der Waals surface area (Å²) in [7, 11) is 1.63. The molecule has 0 aliphatic heterocycles. The Hall–Kier alpha value is -2.03. The van der Waals surface area contributed by atoms with E-state index in [1.807, 2.05) is 24.3 Å². The van der Waals surface area contributed by atoms with Crippen LogP contribution in [0.1, 0.15) is 25.3 Å². The molecular formula is C18H22O3. The summed E-state index contributed by atoms with van der Waals surface area (Å²) >= 11 is 0. The Balaban J connectivity index is 1.78. The van der Waals surface area contributed by atoms with Crippen LogP contribution in [-0.4, -0.2) is 19.7 Å². The van der Waals surface area contributed by atoms with Gasteiger partial charge in [0.2, 0.25) is 0 Å². The van der Waals surface area contributed by atoms with Gasteiger partial charge in [0, 0.05) is 6.08 Å². The van der Waals surface area contributed by atoms with Crippen molar-refractivity contribution in [3.05, 3.63) is 48.1 Å². The van der Waals surface area contributed by atoms with Crippen LogP contribution < -0.4 is 4.74 Å². The average molecular weight is 286 g/mol. The maximum atomic E-state index is 11.7. The number of methoxy groups -OCH3 is 1. The number of carbonyl (C=O) groups is 1. The van der Waals surface area contributed by atoms with Crippen LogP contribution in [0, 0.1) is 11.8 Å². The Morgan fingerprint density at radius 2 is 2.10 bits per heavy atom. The lowest BCUT2D eigenvalue weighted by atomic mass is 9.88. The molecule has 3 heteroatoms. The van der Waals surface area contributed by atoms with Crippen LogP contribution in [0.15, 0.2) is 42.5 Å². The van der Waals surface area contributed by atoms with Crippen molar-refractivity contribution in [2.45, 2.75) is 19.8 Å². The van der Waals surface area contributed by atoms with Gasteiger partial charge in [0.1, 0.15) is 5.75 Å². The molecule has 0 amide bonds. The Labute approximate surface area is 126 Å². The van der Waals surface area contributed by atoms with Gasteiger partial charge in [-0.15, -0.1) is 0 Å². The first kappa shape index (κ1) is 15.4. The number of carbonyl (C=O) groups excluding carboxylic acids is 1. The Kier molecular flexibility index (Phi) is 5.61. The molecule has 3 nitrogen and oxygen atoms in total. The van der Waals surface area contributed by atoms with E-state index in [4.69, 9.17) is 9.47 Å². The molecule has 1 aliphatic rings. The third-order valence-electron chi connectivity index (χ3n) is 3.63. The van der Waals surface area contributed by atoms with Gasteiger partial charge in [-0.05, 0) is 48.4 Å². The number of benzene rings is 1. The largest absolute Gasteiger partial charge is 0.497 e. The van der Waals surface area contributed by atoms with Gasteiger partial charge in [-0.25, -0.2) is 4.79 Å². The van der Waals surface area contributed by atoms with Crippen molar-refractivity contribution in [3.63, 3.8) is 0 Å². The lowest BCUT2D eigenvalue weighted by Gasteiger charge is -2.21. The summed E-state index contributed by atoms with van der Waals surface area (Å²) in [5.41, 5.74) is 0.946. The number of esters is 1. The first-order valence-electron chi connectivity index (χ1n) is 7.33. The zero-order chi connectivity index (χ0) is 15.1. The van der Waals surface area contributed by atoms with Crippen LogP contribution in [0.25, 0.3) is 6.08 Å². The molecule has 0 heterocycles. The van der Waals surface area contributed by atoms with E-state index in [9.17, 15) is 4.79 Å². The zero-order valence-corrected chi connectivity index (χ0v) is 12.6. The first-order valence-corrected chi connectivity index (χ1v) is 7.33. The highest BCUT2D eigenvalue weighted by Crippen LogP contribution is 2.23. The smallest absolute Gasteiger partial charge is 0.330 e. The maximum Gasteiger partial charge on any atom is 0.330 e. The van der Waals surface area contributed by atoms with E-state index in [1.54, 1.807) is 13.2 Å². The van der Waals surface area contributed by atoms with E-state index >= 15 is 0 Å². The van der Waals surface area contributed by atoms with Gasteiger partial charge in [-0.3, -0.25) is 0 Å². The highest BCUT2D eigenvalue weighted by atomic mass is 16.5. The minimum Gasteiger partial charge on any atom is -0.497 e. The van der Waals surface area contributed by atoms with Gasteiger partial charge in [0.15, 0.2) is 0 Å². The predicted molar refractivity (Wildman–Crippen MR) is 84.0 cm³/mol. The molecule has 0 N–H and O–H groups in total. The number of ether oxygens (including phenoxy) is 2.